The Labute approximate surface area is 116 Å². The molecule has 1 aromatic carbocycles. The van der Waals surface area contributed by atoms with E-state index in [1.807, 2.05) is 13.0 Å². The maximum Gasteiger partial charge on any atom is 0.238 e. The summed E-state index contributed by atoms with van der Waals surface area (Å²) in [6.45, 7) is 8.54. The second kappa shape index (κ2) is 6.50. The van der Waals surface area contributed by atoms with Gasteiger partial charge in [0.2, 0.25) is 10.0 Å². The minimum Gasteiger partial charge on any atom is -0.307 e. The van der Waals surface area contributed by atoms with Crippen LogP contribution in [0.2, 0.25) is 0 Å². The van der Waals surface area contributed by atoms with E-state index in [4.69, 9.17) is 5.14 Å². The first-order valence-corrected chi connectivity index (χ1v) is 8.19. The molecule has 4 nitrogen and oxygen atoms in total. The summed E-state index contributed by atoms with van der Waals surface area (Å²) in [6, 6.07) is 7.25. The number of rotatable bonds is 6. The molecule has 0 aliphatic carbocycles. The van der Waals surface area contributed by atoms with Gasteiger partial charge in [0.05, 0.1) is 4.90 Å². The van der Waals surface area contributed by atoms with Gasteiger partial charge in [0.25, 0.3) is 0 Å². The number of benzene rings is 1. The van der Waals surface area contributed by atoms with E-state index in [9.17, 15) is 8.42 Å². The molecule has 5 heteroatoms. The van der Waals surface area contributed by atoms with Crippen LogP contribution in [0.5, 0.6) is 0 Å². The van der Waals surface area contributed by atoms with E-state index in [0.717, 1.165) is 12.0 Å². The normalized spacial score (nSPS) is 16.9. The Morgan fingerprint density at radius 3 is 2.42 bits per heavy atom. The highest BCUT2D eigenvalue weighted by Gasteiger charge is 2.15. The van der Waals surface area contributed by atoms with E-state index in [-0.39, 0.29) is 10.9 Å². The Balaban J connectivity index is 2.86. The van der Waals surface area contributed by atoms with Crippen molar-refractivity contribution < 1.29 is 8.42 Å². The van der Waals surface area contributed by atoms with Gasteiger partial charge in [-0.15, -0.1) is 0 Å². The minimum absolute atomic E-state index is 0.0886. The Morgan fingerprint density at radius 1 is 1.26 bits per heavy atom. The van der Waals surface area contributed by atoms with Gasteiger partial charge in [0, 0.05) is 12.1 Å². The van der Waals surface area contributed by atoms with E-state index < -0.39 is 10.0 Å². The fraction of sp³-hybridized carbons (Fsp3) is 0.571. The lowest BCUT2D eigenvalue weighted by molar-refractivity contribution is 0.360. The molecule has 0 bridgehead atoms. The quantitative estimate of drug-likeness (QED) is 0.842. The number of nitrogens with two attached hydrogens (primary N) is 1. The van der Waals surface area contributed by atoms with Crippen LogP contribution in [0, 0.1) is 5.92 Å². The fourth-order valence-electron chi connectivity index (χ4n) is 1.97. The zero-order valence-corrected chi connectivity index (χ0v) is 12.9. The molecule has 1 aromatic rings. The number of sulfonamides is 1. The van der Waals surface area contributed by atoms with Gasteiger partial charge in [-0.2, -0.15) is 0 Å². The van der Waals surface area contributed by atoms with Crippen molar-refractivity contribution in [2.75, 3.05) is 0 Å². The summed E-state index contributed by atoms with van der Waals surface area (Å²) in [5, 5.41) is 8.64. The lowest BCUT2D eigenvalue weighted by Gasteiger charge is -2.25. The summed E-state index contributed by atoms with van der Waals surface area (Å²) in [4.78, 5) is 0.162. The van der Waals surface area contributed by atoms with Crippen molar-refractivity contribution in [2.24, 2.45) is 11.1 Å². The number of primary sulfonamides is 1. The van der Waals surface area contributed by atoms with Crippen molar-refractivity contribution in [3.8, 4) is 0 Å². The molecule has 19 heavy (non-hydrogen) atoms. The average molecular weight is 284 g/mol. The summed E-state index contributed by atoms with van der Waals surface area (Å²) >= 11 is 0. The molecular formula is C14H24N2O2S. The molecule has 0 radical (unpaired) electrons. The number of hydrogen-bond acceptors (Lipinski definition) is 3. The molecular weight excluding hydrogens is 260 g/mol. The summed E-state index contributed by atoms with van der Waals surface area (Å²) in [7, 11) is -3.64. The monoisotopic (exact) mass is 284 g/mol. The standard InChI is InChI=1S/C14H24N2O2S/c1-5-10(2)11(3)16-12(4)13-7-6-8-14(9-13)19(15,17)18/h6-12,16H,5H2,1-4H3,(H2,15,17,18). The highest BCUT2D eigenvalue weighted by atomic mass is 32.2. The van der Waals surface area contributed by atoms with E-state index in [1.54, 1.807) is 12.1 Å². The zero-order chi connectivity index (χ0) is 14.6. The fourth-order valence-corrected chi connectivity index (χ4v) is 2.54. The van der Waals surface area contributed by atoms with Crippen LogP contribution < -0.4 is 10.5 Å². The smallest absolute Gasteiger partial charge is 0.238 e. The Morgan fingerprint density at radius 2 is 1.89 bits per heavy atom. The lowest BCUT2D eigenvalue weighted by Crippen LogP contribution is -2.34. The van der Waals surface area contributed by atoms with Gasteiger partial charge in [0.1, 0.15) is 0 Å². The predicted molar refractivity (Wildman–Crippen MR) is 78.3 cm³/mol. The molecule has 3 N–H and O–H groups in total. The molecule has 0 fully saturated rings. The van der Waals surface area contributed by atoms with Crippen molar-refractivity contribution in [3.63, 3.8) is 0 Å². The van der Waals surface area contributed by atoms with Crippen LogP contribution in [0.4, 0.5) is 0 Å². The van der Waals surface area contributed by atoms with Crippen LogP contribution in [-0.4, -0.2) is 14.5 Å². The van der Waals surface area contributed by atoms with Crippen LogP contribution in [-0.2, 0) is 10.0 Å². The van der Waals surface area contributed by atoms with Crippen molar-refractivity contribution in [1.82, 2.24) is 5.32 Å². The highest BCUT2D eigenvalue weighted by Crippen LogP contribution is 2.19. The molecule has 108 valence electrons. The van der Waals surface area contributed by atoms with Gasteiger partial charge in [-0.3, -0.25) is 0 Å². The number of hydrogen-bond donors (Lipinski definition) is 2. The second-order valence-electron chi connectivity index (χ2n) is 5.18. The molecule has 3 atom stereocenters. The highest BCUT2D eigenvalue weighted by molar-refractivity contribution is 7.89. The minimum atomic E-state index is -3.64. The third-order valence-electron chi connectivity index (χ3n) is 3.70. The molecule has 0 amide bonds. The first-order valence-electron chi connectivity index (χ1n) is 6.64. The van der Waals surface area contributed by atoms with Crippen LogP contribution in [0.3, 0.4) is 0 Å². The van der Waals surface area contributed by atoms with Gasteiger partial charge < -0.3 is 5.32 Å². The SMILES string of the molecule is CCC(C)C(C)NC(C)c1cccc(S(N)(=O)=O)c1. The van der Waals surface area contributed by atoms with E-state index in [2.05, 4.69) is 26.1 Å². The summed E-state index contributed by atoms with van der Waals surface area (Å²) in [5.74, 6) is 0.573. The second-order valence-corrected chi connectivity index (χ2v) is 6.74. The molecule has 3 unspecified atom stereocenters. The average Bonchev–Trinajstić information content (AvgIpc) is 2.36. The summed E-state index contributed by atoms with van der Waals surface area (Å²) < 4.78 is 22.7. The van der Waals surface area contributed by atoms with Crippen molar-refractivity contribution in [1.29, 1.82) is 0 Å². The van der Waals surface area contributed by atoms with Crippen LogP contribution in [0.25, 0.3) is 0 Å². The van der Waals surface area contributed by atoms with Gasteiger partial charge in [0.15, 0.2) is 0 Å². The molecule has 0 saturated carbocycles. The van der Waals surface area contributed by atoms with Crippen molar-refractivity contribution >= 4 is 10.0 Å². The van der Waals surface area contributed by atoms with Gasteiger partial charge in [-0.25, -0.2) is 13.6 Å². The summed E-state index contributed by atoms with van der Waals surface area (Å²) in [6.07, 6.45) is 1.11. The van der Waals surface area contributed by atoms with Crippen LogP contribution in [0.1, 0.15) is 45.7 Å². The first-order chi connectivity index (χ1) is 8.75. The molecule has 0 spiro atoms. The van der Waals surface area contributed by atoms with E-state index >= 15 is 0 Å². The van der Waals surface area contributed by atoms with E-state index in [1.165, 1.54) is 6.07 Å². The van der Waals surface area contributed by atoms with Crippen molar-refractivity contribution in [2.45, 2.75) is 51.1 Å². The Hall–Kier alpha value is -0.910. The summed E-state index contributed by atoms with van der Waals surface area (Å²) in [5.41, 5.74) is 0.932. The Bertz CT molecular complexity index is 514. The van der Waals surface area contributed by atoms with Crippen molar-refractivity contribution in [3.05, 3.63) is 29.8 Å². The number of nitrogens with one attached hydrogen (secondary N) is 1. The molecule has 1 rings (SSSR count). The van der Waals surface area contributed by atoms with E-state index in [0.29, 0.717) is 12.0 Å². The molecule has 0 saturated heterocycles. The largest absolute Gasteiger partial charge is 0.307 e. The van der Waals surface area contributed by atoms with Gasteiger partial charge in [-0.05, 0) is 37.5 Å². The lowest BCUT2D eigenvalue weighted by atomic mass is 9.99. The predicted octanol–water partition coefficient (Wildman–Crippen LogP) is 2.42. The molecule has 0 aliphatic heterocycles. The third-order valence-corrected chi connectivity index (χ3v) is 4.61. The first kappa shape index (κ1) is 16.1. The zero-order valence-electron chi connectivity index (χ0n) is 12.1. The van der Waals surface area contributed by atoms with Crippen LogP contribution >= 0.6 is 0 Å². The van der Waals surface area contributed by atoms with Gasteiger partial charge in [-0.1, -0.05) is 32.4 Å². The maximum atomic E-state index is 11.3. The molecule has 0 aliphatic rings. The third kappa shape index (κ3) is 4.60. The van der Waals surface area contributed by atoms with Gasteiger partial charge >= 0.3 is 0 Å². The van der Waals surface area contributed by atoms with Crippen LogP contribution in [0.15, 0.2) is 29.2 Å². The maximum absolute atomic E-state index is 11.3. The molecule has 0 heterocycles. The molecule has 0 aromatic heterocycles. The topological polar surface area (TPSA) is 72.2 Å². The Kier molecular flexibility index (Phi) is 5.52.